The van der Waals surface area contributed by atoms with Crippen LogP contribution in [-0.4, -0.2) is 22.0 Å². The first-order chi connectivity index (χ1) is 8.06. The Hall–Kier alpha value is -1.79. The number of H-pyrrole nitrogens is 1. The zero-order valence-corrected chi connectivity index (χ0v) is 9.93. The van der Waals surface area contributed by atoms with Gasteiger partial charge in [-0.3, -0.25) is 4.79 Å². The minimum Gasteiger partial charge on any atom is -0.477 e. The summed E-state index contributed by atoms with van der Waals surface area (Å²) >= 11 is 6.66. The highest BCUT2D eigenvalue weighted by Gasteiger charge is 2.11. The number of carboxylic acids is 1. The molecule has 0 saturated heterocycles. The lowest BCUT2D eigenvalue weighted by Crippen LogP contribution is -2.10. The molecule has 0 fully saturated rings. The minimum absolute atomic E-state index is 0.171. The van der Waals surface area contributed by atoms with Crippen molar-refractivity contribution < 1.29 is 14.7 Å². The third kappa shape index (κ3) is 2.66. The van der Waals surface area contributed by atoms with Crippen molar-refractivity contribution in [3.63, 3.8) is 0 Å². The maximum Gasteiger partial charge on any atom is 0.345 e. The molecule has 0 aromatic carbocycles. The van der Waals surface area contributed by atoms with Gasteiger partial charge >= 0.3 is 5.97 Å². The molecule has 17 heavy (non-hydrogen) atoms. The van der Waals surface area contributed by atoms with Crippen molar-refractivity contribution in [3.8, 4) is 0 Å². The van der Waals surface area contributed by atoms with Gasteiger partial charge in [0, 0.05) is 6.20 Å². The molecule has 3 N–H and O–H groups in total. The number of carboxylic acid groups (broad SMARTS) is 1. The van der Waals surface area contributed by atoms with E-state index in [1.807, 2.05) is 0 Å². The summed E-state index contributed by atoms with van der Waals surface area (Å²) in [5, 5.41) is 12.2. The predicted octanol–water partition coefficient (Wildman–Crippen LogP) is 2.68. The van der Waals surface area contributed by atoms with E-state index >= 15 is 0 Å². The van der Waals surface area contributed by atoms with Gasteiger partial charge in [0.15, 0.2) is 0 Å². The van der Waals surface area contributed by atoms with Crippen LogP contribution in [0.3, 0.4) is 0 Å². The highest BCUT2D eigenvalue weighted by molar-refractivity contribution is 7.18. The largest absolute Gasteiger partial charge is 0.477 e. The molecule has 0 bridgehead atoms. The number of hydrogen-bond acceptors (Lipinski definition) is 3. The first kappa shape index (κ1) is 11.7. The van der Waals surface area contributed by atoms with Crippen LogP contribution in [0.2, 0.25) is 5.02 Å². The van der Waals surface area contributed by atoms with Gasteiger partial charge in [0.05, 0.1) is 10.0 Å². The molecule has 5 nitrogen and oxygen atoms in total. The van der Waals surface area contributed by atoms with Gasteiger partial charge in [-0.1, -0.05) is 11.6 Å². The topological polar surface area (TPSA) is 82.2 Å². The second-order valence-corrected chi connectivity index (χ2v) is 4.67. The van der Waals surface area contributed by atoms with Gasteiger partial charge in [-0.15, -0.1) is 11.3 Å². The van der Waals surface area contributed by atoms with E-state index in [0.717, 1.165) is 11.3 Å². The Bertz CT molecular complexity index is 576. The van der Waals surface area contributed by atoms with Gasteiger partial charge in [0.25, 0.3) is 5.91 Å². The predicted molar refractivity (Wildman–Crippen MR) is 65.0 cm³/mol. The summed E-state index contributed by atoms with van der Waals surface area (Å²) < 4.78 is 0. The number of aromatic amines is 1. The lowest BCUT2D eigenvalue weighted by Gasteiger charge is -1.98. The number of carbonyl (C=O) groups is 2. The van der Waals surface area contributed by atoms with E-state index in [1.54, 1.807) is 0 Å². The highest BCUT2D eigenvalue weighted by atomic mass is 35.5. The molecule has 0 unspecified atom stereocenters. The maximum absolute atomic E-state index is 11.7. The van der Waals surface area contributed by atoms with Crippen LogP contribution in [0.25, 0.3) is 0 Å². The fourth-order valence-corrected chi connectivity index (χ4v) is 2.10. The van der Waals surface area contributed by atoms with Crippen molar-refractivity contribution in [2.24, 2.45) is 0 Å². The number of rotatable bonds is 3. The molecule has 2 aromatic heterocycles. The van der Waals surface area contributed by atoms with Crippen LogP contribution in [0.1, 0.15) is 20.2 Å². The van der Waals surface area contributed by atoms with E-state index in [0.29, 0.717) is 15.7 Å². The summed E-state index contributed by atoms with van der Waals surface area (Å²) in [5.41, 5.74) is 0.320. The quantitative estimate of drug-likeness (QED) is 0.802. The Balaban J connectivity index is 2.10. The van der Waals surface area contributed by atoms with Gasteiger partial charge in [0.1, 0.15) is 10.6 Å². The first-order valence-corrected chi connectivity index (χ1v) is 5.74. The van der Waals surface area contributed by atoms with Gasteiger partial charge in [0.2, 0.25) is 0 Å². The first-order valence-electron chi connectivity index (χ1n) is 4.54. The molecule has 0 aliphatic heterocycles. The molecule has 2 heterocycles. The van der Waals surface area contributed by atoms with Crippen LogP contribution in [0.15, 0.2) is 24.4 Å². The number of hydrogen-bond donors (Lipinski definition) is 3. The standard InChI is InChI=1S/C10H7ClN2O3S/c11-5-3-6(12-4-5)9(14)13-8-2-1-7(17-8)10(15)16/h1-4,12H,(H,13,14)(H,15,16). The number of halogens is 1. The molecule has 7 heteroatoms. The Morgan fingerprint density at radius 1 is 1.41 bits per heavy atom. The van der Waals surface area contributed by atoms with E-state index in [1.165, 1.54) is 24.4 Å². The summed E-state index contributed by atoms with van der Waals surface area (Å²) in [5.74, 6) is -1.38. The highest BCUT2D eigenvalue weighted by Crippen LogP contribution is 2.22. The molecule has 2 aromatic rings. The summed E-state index contributed by atoms with van der Waals surface area (Å²) in [6, 6.07) is 4.46. The average molecular weight is 271 g/mol. The Labute approximate surface area is 105 Å². The summed E-state index contributed by atoms with van der Waals surface area (Å²) in [6.45, 7) is 0. The maximum atomic E-state index is 11.7. The van der Waals surface area contributed by atoms with Crippen LogP contribution in [0.4, 0.5) is 5.00 Å². The van der Waals surface area contributed by atoms with E-state index in [9.17, 15) is 9.59 Å². The number of thiophene rings is 1. The number of nitrogens with one attached hydrogen (secondary N) is 2. The van der Waals surface area contributed by atoms with Crippen LogP contribution in [-0.2, 0) is 0 Å². The second kappa shape index (κ2) is 4.60. The van der Waals surface area contributed by atoms with Crippen molar-refractivity contribution in [1.29, 1.82) is 0 Å². The molecule has 2 rings (SSSR count). The third-order valence-corrected chi connectivity index (χ3v) is 3.15. The van der Waals surface area contributed by atoms with E-state index < -0.39 is 5.97 Å². The zero-order valence-electron chi connectivity index (χ0n) is 8.36. The van der Waals surface area contributed by atoms with Gasteiger partial charge in [-0.25, -0.2) is 4.79 Å². The van der Waals surface area contributed by atoms with Gasteiger partial charge < -0.3 is 15.4 Å². The molecule has 88 valence electrons. The fraction of sp³-hybridized carbons (Fsp3) is 0. The minimum atomic E-state index is -1.02. The number of amides is 1. The smallest absolute Gasteiger partial charge is 0.345 e. The van der Waals surface area contributed by atoms with Crippen molar-refractivity contribution in [2.45, 2.75) is 0 Å². The van der Waals surface area contributed by atoms with Gasteiger partial charge in [-0.2, -0.15) is 0 Å². The van der Waals surface area contributed by atoms with Crippen molar-refractivity contribution in [3.05, 3.63) is 40.0 Å². The lowest BCUT2D eigenvalue weighted by atomic mass is 10.4. The van der Waals surface area contributed by atoms with E-state index in [4.69, 9.17) is 16.7 Å². The summed E-state index contributed by atoms with van der Waals surface area (Å²) in [7, 11) is 0. The van der Waals surface area contributed by atoms with Crippen molar-refractivity contribution >= 4 is 39.8 Å². The van der Waals surface area contributed by atoms with Crippen molar-refractivity contribution in [1.82, 2.24) is 4.98 Å². The molecule has 0 radical (unpaired) electrons. The van der Waals surface area contributed by atoms with Crippen LogP contribution in [0.5, 0.6) is 0 Å². The summed E-state index contributed by atoms with van der Waals surface area (Å²) in [4.78, 5) is 25.2. The SMILES string of the molecule is O=C(Nc1ccc(C(=O)O)s1)c1cc(Cl)c[nH]1. The lowest BCUT2D eigenvalue weighted by molar-refractivity contribution is 0.0702. The number of carbonyl (C=O) groups excluding carboxylic acids is 1. The van der Waals surface area contributed by atoms with Crippen LogP contribution in [0, 0.1) is 0 Å². The van der Waals surface area contributed by atoms with E-state index in [2.05, 4.69) is 10.3 Å². The average Bonchev–Trinajstić information content (AvgIpc) is 2.86. The normalized spacial score (nSPS) is 10.2. The van der Waals surface area contributed by atoms with Crippen LogP contribution < -0.4 is 5.32 Å². The molecule has 0 atom stereocenters. The molecular formula is C10H7ClN2O3S. The molecule has 0 aliphatic carbocycles. The fourth-order valence-electron chi connectivity index (χ4n) is 1.20. The molecular weight excluding hydrogens is 264 g/mol. The van der Waals surface area contributed by atoms with Crippen molar-refractivity contribution in [2.75, 3.05) is 5.32 Å². The number of anilines is 1. The Morgan fingerprint density at radius 2 is 2.18 bits per heavy atom. The molecule has 0 saturated carbocycles. The molecule has 1 amide bonds. The van der Waals surface area contributed by atoms with Gasteiger partial charge in [-0.05, 0) is 18.2 Å². The zero-order chi connectivity index (χ0) is 12.4. The molecule has 0 aliphatic rings. The van der Waals surface area contributed by atoms with Crippen LogP contribution >= 0.6 is 22.9 Å². The third-order valence-electron chi connectivity index (χ3n) is 1.95. The summed E-state index contributed by atoms with van der Waals surface area (Å²) in [6.07, 6.45) is 1.49. The Morgan fingerprint density at radius 3 is 2.71 bits per heavy atom. The molecule has 0 spiro atoms. The monoisotopic (exact) mass is 270 g/mol. The van der Waals surface area contributed by atoms with E-state index in [-0.39, 0.29) is 10.8 Å². The second-order valence-electron chi connectivity index (χ2n) is 3.15. The number of aromatic carboxylic acids is 1. The number of aromatic nitrogens is 1. The Kier molecular flexibility index (Phi) is 3.16.